The van der Waals surface area contributed by atoms with Gasteiger partial charge in [0.1, 0.15) is 6.10 Å². The number of anilines is 1. The monoisotopic (exact) mass is 261 g/mol. The molecular formula is C11H16ClNO2S. The Bertz CT molecular complexity index is 350. The molecule has 0 bridgehead atoms. The van der Waals surface area contributed by atoms with Crippen molar-refractivity contribution in [2.75, 3.05) is 11.5 Å². The average Bonchev–Trinajstić information content (AvgIpc) is 2.24. The maximum Gasteiger partial charge on any atom is 0.105 e. The first-order chi connectivity index (χ1) is 7.47. The Balaban J connectivity index is 2.96. The third kappa shape index (κ3) is 3.04. The molecule has 1 aromatic carbocycles. The van der Waals surface area contributed by atoms with Crippen LogP contribution in [0.25, 0.3) is 0 Å². The summed E-state index contributed by atoms with van der Waals surface area (Å²) in [5.41, 5.74) is 7.56. The summed E-state index contributed by atoms with van der Waals surface area (Å²) in [5, 5.41) is 19.9. The first kappa shape index (κ1) is 13.6. The van der Waals surface area contributed by atoms with Crippen LogP contribution in [0.15, 0.2) is 12.1 Å². The van der Waals surface area contributed by atoms with Crippen molar-refractivity contribution >= 4 is 29.9 Å². The molecule has 0 heterocycles. The maximum atomic E-state index is 9.88. The lowest BCUT2D eigenvalue weighted by Crippen LogP contribution is -2.19. The minimum atomic E-state index is -0.955. The number of halogens is 1. The third-order valence-electron chi connectivity index (χ3n) is 2.49. The lowest BCUT2D eigenvalue weighted by molar-refractivity contribution is 0.0172. The van der Waals surface area contributed by atoms with Crippen LogP contribution in [0, 0.1) is 6.92 Å². The van der Waals surface area contributed by atoms with Gasteiger partial charge >= 0.3 is 0 Å². The number of hydrogen-bond acceptors (Lipinski definition) is 4. The molecule has 1 rings (SSSR count). The van der Waals surface area contributed by atoms with Crippen molar-refractivity contribution in [3.05, 3.63) is 28.3 Å². The van der Waals surface area contributed by atoms with Gasteiger partial charge in [0.15, 0.2) is 0 Å². The number of aliphatic hydroxyl groups is 2. The zero-order valence-corrected chi connectivity index (χ0v) is 10.7. The van der Waals surface area contributed by atoms with E-state index in [0.717, 1.165) is 5.56 Å². The highest BCUT2D eigenvalue weighted by molar-refractivity contribution is 7.80. The van der Waals surface area contributed by atoms with E-state index < -0.39 is 12.2 Å². The minimum Gasteiger partial charge on any atom is -0.397 e. The van der Waals surface area contributed by atoms with Gasteiger partial charge in [0.25, 0.3) is 0 Å². The van der Waals surface area contributed by atoms with Crippen LogP contribution in [0.4, 0.5) is 5.69 Å². The number of nitrogens with two attached hydrogens (primary N) is 1. The predicted molar refractivity (Wildman–Crippen MR) is 70.0 cm³/mol. The Morgan fingerprint density at radius 1 is 1.44 bits per heavy atom. The number of thiol groups is 1. The van der Waals surface area contributed by atoms with Crippen LogP contribution < -0.4 is 5.73 Å². The number of aliphatic hydroxyl groups excluding tert-OH is 2. The standard InChI is InChI=1S/C11H16ClNO2S/c1-6-4-7(5-8(12)10(6)13)11(15)9(14)2-3-16/h4-5,9,11,14-16H,2-3,13H2,1H3. The van der Waals surface area contributed by atoms with Gasteiger partial charge in [0, 0.05) is 0 Å². The van der Waals surface area contributed by atoms with Crippen LogP contribution in [-0.4, -0.2) is 22.1 Å². The molecule has 16 heavy (non-hydrogen) atoms. The molecule has 2 unspecified atom stereocenters. The van der Waals surface area contributed by atoms with Crippen molar-refractivity contribution in [1.29, 1.82) is 0 Å². The quantitative estimate of drug-likeness (QED) is 0.495. The fourth-order valence-electron chi connectivity index (χ4n) is 1.46. The molecule has 0 fully saturated rings. The lowest BCUT2D eigenvalue weighted by atomic mass is 10.00. The largest absolute Gasteiger partial charge is 0.397 e. The van der Waals surface area contributed by atoms with Crippen LogP contribution in [0.5, 0.6) is 0 Å². The second-order valence-electron chi connectivity index (χ2n) is 3.76. The zero-order chi connectivity index (χ0) is 12.3. The molecule has 0 aliphatic rings. The number of aryl methyl sites for hydroxylation is 1. The van der Waals surface area contributed by atoms with Crippen LogP contribution in [0.3, 0.4) is 0 Å². The molecule has 0 spiro atoms. The molecule has 0 saturated heterocycles. The number of nitrogen functional groups attached to an aromatic ring is 1. The summed E-state index contributed by atoms with van der Waals surface area (Å²) in [6.45, 7) is 1.81. The first-order valence-electron chi connectivity index (χ1n) is 5.00. The van der Waals surface area contributed by atoms with Crippen molar-refractivity contribution in [2.24, 2.45) is 0 Å². The highest BCUT2D eigenvalue weighted by atomic mass is 35.5. The van der Waals surface area contributed by atoms with Gasteiger partial charge in [-0.25, -0.2) is 0 Å². The Kier molecular flexibility index (Phi) is 4.92. The molecule has 1 aromatic rings. The zero-order valence-electron chi connectivity index (χ0n) is 9.02. The molecular weight excluding hydrogens is 246 g/mol. The summed E-state index contributed by atoms with van der Waals surface area (Å²) in [6, 6.07) is 3.31. The van der Waals surface area contributed by atoms with Crippen LogP contribution in [-0.2, 0) is 0 Å². The van der Waals surface area contributed by atoms with E-state index in [0.29, 0.717) is 28.4 Å². The topological polar surface area (TPSA) is 66.5 Å². The normalized spacial score (nSPS) is 14.8. The molecule has 0 aromatic heterocycles. The highest BCUT2D eigenvalue weighted by Gasteiger charge is 2.19. The van der Waals surface area contributed by atoms with Crippen LogP contribution in [0.2, 0.25) is 5.02 Å². The van der Waals surface area contributed by atoms with E-state index in [-0.39, 0.29) is 0 Å². The average molecular weight is 262 g/mol. The van der Waals surface area contributed by atoms with Gasteiger partial charge in [-0.3, -0.25) is 0 Å². The highest BCUT2D eigenvalue weighted by Crippen LogP contribution is 2.29. The Labute approximate surface area is 106 Å². The van der Waals surface area contributed by atoms with Crippen LogP contribution >= 0.6 is 24.2 Å². The van der Waals surface area contributed by atoms with Crippen molar-refractivity contribution in [1.82, 2.24) is 0 Å². The molecule has 5 heteroatoms. The fraction of sp³-hybridized carbons (Fsp3) is 0.455. The van der Waals surface area contributed by atoms with E-state index in [9.17, 15) is 10.2 Å². The van der Waals surface area contributed by atoms with Gasteiger partial charge in [-0.2, -0.15) is 12.6 Å². The van der Waals surface area contributed by atoms with Gasteiger partial charge in [-0.1, -0.05) is 17.7 Å². The van der Waals surface area contributed by atoms with Crippen molar-refractivity contribution < 1.29 is 10.2 Å². The first-order valence-corrected chi connectivity index (χ1v) is 6.01. The summed E-state index contributed by atoms with van der Waals surface area (Å²) in [6.07, 6.45) is -1.37. The Morgan fingerprint density at radius 3 is 2.56 bits per heavy atom. The van der Waals surface area contributed by atoms with E-state index in [2.05, 4.69) is 12.6 Å². The van der Waals surface area contributed by atoms with E-state index in [1.807, 2.05) is 6.92 Å². The van der Waals surface area contributed by atoms with Gasteiger partial charge in [0.2, 0.25) is 0 Å². The van der Waals surface area contributed by atoms with E-state index in [1.54, 1.807) is 12.1 Å². The summed E-state index contributed by atoms with van der Waals surface area (Å²) in [7, 11) is 0. The second kappa shape index (κ2) is 5.77. The minimum absolute atomic E-state index is 0.395. The van der Waals surface area contributed by atoms with Gasteiger partial charge < -0.3 is 15.9 Å². The van der Waals surface area contributed by atoms with E-state index in [1.165, 1.54) is 0 Å². The van der Waals surface area contributed by atoms with Gasteiger partial charge in [-0.15, -0.1) is 0 Å². The van der Waals surface area contributed by atoms with E-state index >= 15 is 0 Å². The summed E-state index contributed by atoms with van der Waals surface area (Å²) in [4.78, 5) is 0. The van der Waals surface area contributed by atoms with Gasteiger partial charge in [-0.05, 0) is 36.3 Å². The smallest absolute Gasteiger partial charge is 0.105 e. The van der Waals surface area contributed by atoms with Gasteiger partial charge in [0.05, 0.1) is 16.8 Å². The molecule has 0 radical (unpaired) electrons. The fourth-order valence-corrected chi connectivity index (χ4v) is 2.00. The summed E-state index contributed by atoms with van der Waals surface area (Å²) >= 11 is 9.92. The number of hydrogen-bond donors (Lipinski definition) is 4. The molecule has 0 aliphatic heterocycles. The number of benzene rings is 1. The Hall–Kier alpha value is -0.420. The molecule has 0 saturated carbocycles. The molecule has 0 aliphatic carbocycles. The van der Waals surface area contributed by atoms with Crippen molar-refractivity contribution in [2.45, 2.75) is 25.6 Å². The summed E-state index contributed by atoms with van der Waals surface area (Å²) in [5.74, 6) is 0.514. The van der Waals surface area contributed by atoms with Crippen molar-refractivity contribution in [3.8, 4) is 0 Å². The number of rotatable bonds is 4. The molecule has 0 amide bonds. The molecule has 90 valence electrons. The molecule has 2 atom stereocenters. The SMILES string of the molecule is Cc1cc(C(O)C(O)CCS)cc(Cl)c1N. The molecule has 3 nitrogen and oxygen atoms in total. The summed E-state index contributed by atoms with van der Waals surface area (Å²) < 4.78 is 0. The maximum absolute atomic E-state index is 9.88. The molecule has 4 N–H and O–H groups in total. The van der Waals surface area contributed by atoms with Crippen LogP contribution in [0.1, 0.15) is 23.7 Å². The third-order valence-corrected chi connectivity index (χ3v) is 3.06. The second-order valence-corrected chi connectivity index (χ2v) is 4.61. The van der Waals surface area contributed by atoms with Crippen molar-refractivity contribution in [3.63, 3.8) is 0 Å². The Morgan fingerprint density at radius 2 is 2.06 bits per heavy atom. The van der Waals surface area contributed by atoms with E-state index in [4.69, 9.17) is 17.3 Å². The lowest BCUT2D eigenvalue weighted by Gasteiger charge is -2.18. The predicted octanol–water partition coefficient (Wildman–Crippen LogP) is 1.94.